The van der Waals surface area contributed by atoms with Crippen LogP contribution in [-0.2, 0) is 0 Å². The van der Waals surface area contributed by atoms with E-state index in [9.17, 15) is 4.79 Å². The van der Waals surface area contributed by atoms with E-state index in [0.717, 1.165) is 18.7 Å². The molecular formula is C17H21N5O. The van der Waals surface area contributed by atoms with Gasteiger partial charge >= 0.3 is 6.03 Å². The molecule has 6 heteroatoms. The van der Waals surface area contributed by atoms with Crippen molar-refractivity contribution in [1.29, 1.82) is 0 Å². The number of pyridine rings is 1. The number of carbonyl (C=O) groups excluding carboxylic acids is 1. The van der Waals surface area contributed by atoms with Crippen LogP contribution in [0.25, 0.3) is 5.82 Å². The lowest BCUT2D eigenvalue weighted by Crippen LogP contribution is -2.44. The second-order valence-corrected chi connectivity index (χ2v) is 6.51. The highest BCUT2D eigenvalue weighted by Crippen LogP contribution is 2.39. The molecule has 2 amide bonds. The van der Waals surface area contributed by atoms with Crippen LogP contribution in [0.15, 0.2) is 36.8 Å². The monoisotopic (exact) mass is 311 g/mol. The van der Waals surface area contributed by atoms with Gasteiger partial charge < -0.3 is 10.2 Å². The third kappa shape index (κ3) is 3.06. The van der Waals surface area contributed by atoms with E-state index in [1.54, 1.807) is 23.3 Å². The lowest BCUT2D eigenvalue weighted by atomic mass is 10.2. The van der Waals surface area contributed by atoms with Gasteiger partial charge in [-0.25, -0.2) is 14.5 Å². The Bertz CT molecular complexity index is 690. The zero-order valence-corrected chi connectivity index (χ0v) is 13.2. The Kier molecular flexibility index (Phi) is 3.52. The van der Waals surface area contributed by atoms with E-state index < -0.39 is 0 Å². The van der Waals surface area contributed by atoms with Crippen molar-refractivity contribution in [2.75, 3.05) is 5.32 Å². The van der Waals surface area contributed by atoms with Gasteiger partial charge in [0.05, 0.1) is 18.1 Å². The van der Waals surface area contributed by atoms with Crippen LogP contribution in [0.4, 0.5) is 10.5 Å². The number of rotatable bonds is 5. The van der Waals surface area contributed by atoms with E-state index in [-0.39, 0.29) is 6.03 Å². The molecule has 0 saturated heterocycles. The minimum absolute atomic E-state index is 0.00697. The number of hydrogen-bond acceptors (Lipinski definition) is 3. The van der Waals surface area contributed by atoms with Gasteiger partial charge in [-0.3, -0.25) is 0 Å². The standard InChI is InChI=1S/C17H21N5O/c1-12(13-5-6-13)22(15-7-8-15)17(23)20-14-10-19-21(11-14)16-4-2-3-9-18-16/h2-4,9-13,15H,5-8H2,1H3,(H,20,23)/t12-/m1/s1. The van der Waals surface area contributed by atoms with Crippen molar-refractivity contribution in [1.82, 2.24) is 19.7 Å². The second-order valence-electron chi connectivity index (χ2n) is 6.51. The van der Waals surface area contributed by atoms with Crippen LogP contribution in [0.5, 0.6) is 0 Å². The summed E-state index contributed by atoms with van der Waals surface area (Å²) in [5.74, 6) is 1.41. The molecule has 2 aromatic rings. The molecule has 4 rings (SSSR count). The Labute approximate surface area is 135 Å². The van der Waals surface area contributed by atoms with Gasteiger partial charge in [-0.1, -0.05) is 6.07 Å². The Morgan fingerprint density at radius 3 is 2.83 bits per heavy atom. The highest BCUT2D eigenvalue weighted by Gasteiger charge is 2.41. The van der Waals surface area contributed by atoms with Crippen LogP contribution in [-0.4, -0.2) is 37.8 Å². The van der Waals surface area contributed by atoms with E-state index in [4.69, 9.17) is 0 Å². The van der Waals surface area contributed by atoms with E-state index in [2.05, 4.69) is 22.3 Å². The molecule has 0 aliphatic heterocycles. The fraction of sp³-hybridized carbons (Fsp3) is 0.471. The number of carbonyl (C=O) groups is 1. The minimum atomic E-state index is -0.00697. The third-order valence-electron chi connectivity index (χ3n) is 4.64. The van der Waals surface area contributed by atoms with Gasteiger partial charge in [-0.15, -0.1) is 0 Å². The van der Waals surface area contributed by atoms with Crippen molar-refractivity contribution in [3.63, 3.8) is 0 Å². The summed E-state index contributed by atoms with van der Waals surface area (Å²) in [5.41, 5.74) is 0.703. The molecule has 1 N–H and O–H groups in total. The Balaban J connectivity index is 1.46. The Morgan fingerprint density at radius 2 is 2.17 bits per heavy atom. The molecule has 1 atom stereocenters. The number of aromatic nitrogens is 3. The van der Waals surface area contributed by atoms with Crippen LogP contribution >= 0.6 is 0 Å². The molecule has 0 unspecified atom stereocenters. The van der Waals surface area contributed by atoms with Gasteiger partial charge in [0.2, 0.25) is 0 Å². The fourth-order valence-electron chi connectivity index (χ4n) is 3.03. The first-order chi connectivity index (χ1) is 11.2. The summed E-state index contributed by atoms with van der Waals surface area (Å²) in [4.78, 5) is 19.0. The topological polar surface area (TPSA) is 63.1 Å². The van der Waals surface area contributed by atoms with Crippen molar-refractivity contribution in [2.24, 2.45) is 5.92 Å². The molecule has 0 spiro atoms. The van der Waals surface area contributed by atoms with Gasteiger partial charge in [0.1, 0.15) is 0 Å². The smallest absolute Gasteiger partial charge is 0.319 e. The quantitative estimate of drug-likeness (QED) is 0.923. The number of hydrogen-bond donors (Lipinski definition) is 1. The molecule has 2 aromatic heterocycles. The third-order valence-corrected chi connectivity index (χ3v) is 4.64. The summed E-state index contributed by atoms with van der Waals surface area (Å²) >= 11 is 0. The van der Waals surface area contributed by atoms with E-state index in [1.807, 2.05) is 23.1 Å². The SMILES string of the molecule is C[C@H](C1CC1)N(C(=O)Nc1cnn(-c2ccccn2)c1)C1CC1. The predicted molar refractivity (Wildman–Crippen MR) is 87.4 cm³/mol. The number of anilines is 1. The van der Waals surface area contributed by atoms with Crippen LogP contribution in [0.2, 0.25) is 0 Å². The summed E-state index contributed by atoms with van der Waals surface area (Å²) in [6, 6.07) is 6.39. The van der Waals surface area contributed by atoms with Crippen LogP contribution < -0.4 is 5.32 Å². The second kappa shape index (κ2) is 5.68. The van der Waals surface area contributed by atoms with E-state index in [0.29, 0.717) is 23.7 Å². The fourth-order valence-corrected chi connectivity index (χ4v) is 3.03. The van der Waals surface area contributed by atoms with Crippen molar-refractivity contribution in [2.45, 2.75) is 44.7 Å². The van der Waals surface area contributed by atoms with Gasteiger partial charge in [0, 0.05) is 18.3 Å². The first kappa shape index (κ1) is 14.2. The van der Waals surface area contributed by atoms with E-state index >= 15 is 0 Å². The normalized spacial score (nSPS) is 18.5. The van der Waals surface area contributed by atoms with Gasteiger partial charge in [0.25, 0.3) is 0 Å². The number of nitrogens with one attached hydrogen (secondary N) is 1. The number of amides is 2. The summed E-state index contributed by atoms with van der Waals surface area (Å²) in [6.07, 6.45) is 9.92. The lowest BCUT2D eigenvalue weighted by molar-refractivity contribution is 0.180. The maximum absolute atomic E-state index is 12.7. The molecule has 0 bridgehead atoms. The molecule has 2 fully saturated rings. The highest BCUT2D eigenvalue weighted by molar-refractivity contribution is 5.89. The van der Waals surface area contributed by atoms with Crippen molar-refractivity contribution in [3.8, 4) is 5.82 Å². The average molecular weight is 311 g/mol. The zero-order chi connectivity index (χ0) is 15.8. The van der Waals surface area contributed by atoms with Crippen molar-refractivity contribution in [3.05, 3.63) is 36.8 Å². The van der Waals surface area contributed by atoms with Crippen molar-refractivity contribution < 1.29 is 4.79 Å². The van der Waals surface area contributed by atoms with Crippen LogP contribution in [0.1, 0.15) is 32.6 Å². The van der Waals surface area contributed by atoms with Crippen LogP contribution in [0, 0.1) is 5.92 Å². The first-order valence-electron chi connectivity index (χ1n) is 8.28. The summed E-state index contributed by atoms with van der Waals surface area (Å²) in [6.45, 7) is 2.17. The first-order valence-corrected chi connectivity index (χ1v) is 8.28. The Hall–Kier alpha value is -2.37. The average Bonchev–Trinajstić information content (AvgIpc) is 3.47. The summed E-state index contributed by atoms with van der Waals surface area (Å²) < 4.78 is 1.67. The Morgan fingerprint density at radius 1 is 1.35 bits per heavy atom. The molecule has 23 heavy (non-hydrogen) atoms. The maximum Gasteiger partial charge on any atom is 0.322 e. The lowest BCUT2D eigenvalue weighted by Gasteiger charge is -2.29. The largest absolute Gasteiger partial charge is 0.322 e. The van der Waals surface area contributed by atoms with Gasteiger partial charge in [-0.2, -0.15) is 5.10 Å². The molecule has 2 saturated carbocycles. The molecule has 2 heterocycles. The predicted octanol–water partition coefficient (Wildman–Crippen LogP) is 3.06. The molecule has 6 nitrogen and oxygen atoms in total. The van der Waals surface area contributed by atoms with Crippen molar-refractivity contribution >= 4 is 11.7 Å². The van der Waals surface area contributed by atoms with Gasteiger partial charge in [0.15, 0.2) is 5.82 Å². The number of nitrogens with zero attached hydrogens (tertiary/aromatic N) is 4. The number of urea groups is 1. The molecule has 120 valence electrons. The van der Waals surface area contributed by atoms with Gasteiger partial charge in [-0.05, 0) is 50.7 Å². The highest BCUT2D eigenvalue weighted by atomic mass is 16.2. The molecule has 0 radical (unpaired) electrons. The zero-order valence-electron chi connectivity index (χ0n) is 13.2. The minimum Gasteiger partial charge on any atom is -0.319 e. The molecule has 0 aromatic carbocycles. The summed E-state index contributed by atoms with van der Waals surface area (Å²) in [5, 5.41) is 7.27. The molecular weight excluding hydrogens is 290 g/mol. The maximum atomic E-state index is 12.7. The summed E-state index contributed by atoms with van der Waals surface area (Å²) in [7, 11) is 0. The molecule has 2 aliphatic carbocycles. The molecule has 2 aliphatic rings. The van der Waals surface area contributed by atoms with E-state index in [1.165, 1.54) is 12.8 Å². The van der Waals surface area contributed by atoms with Crippen LogP contribution in [0.3, 0.4) is 0 Å².